The molecule has 1 amide bonds. The molecule has 0 fully saturated rings. The topological polar surface area (TPSA) is 38.3 Å². The number of fused-ring (bicyclic) bond motifs is 1. The lowest BCUT2D eigenvalue weighted by atomic mass is 9.89. The van der Waals surface area contributed by atoms with Gasteiger partial charge in [-0.15, -0.1) is 0 Å². The number of carbonyl (C=O) groups is 1. The van der Waals surface area contributed by atoms with Gasteiger partial charge in [0.15, 0.2) is 6.61 Å². The molecule has 1 unspecified atom stereocenters. The highest BCUT2D eigenvalue weighted by molar-refractivity contribution is 6.30. The van der Waals surface area contributed by atoms with Crippen LogP contribution in [0.15, 0.2) is 42.5 Å². The number of hydrogen-bond donors (Lipinski definition) is 1. The van der Waals surface area contributed by atoms with Crippen LogP contribution in [0.4, 0.5) is 0 Å². The van der Waals surface area contributed by atoms with Gasteiger partial charge >= 0.3 is 0 Å². The van der Waals surface area contributed by atoms with Gasteiger partial charge in [-0.2, -0.15) is 0 Å². The molecule has 1 aliphatic rings. The molecule has 0 saturated carbocycles. The number of ether oxygens (including phenoxy) is 1. The summed E-state index contributed by atoms with van der Waals surface area (Å²) in [6.45, 7) is 2.07. The van der Waals surface area contributed by atoms with Crippen molar-refractivity contribution >= 4 is 17.5 Å². The minimum atomic E-state index is -0.121. The van der Waals surface area contributed by atoms with E-state index in [2.05, 4.69) is 30.4 Å². The van der Waals surface area contributed by atoms with Crippen LogP contribution in [0.3, 0.4) is 0 Å². The third-order valence-corrected chi connectivity index (χ3v) is 4.92. The van der Waals surface area contributed by atoms with E-state index >= 15 is 0 Å². The summed E-state index contributed by atoms with van der Waals surface area (Å²) in [5.41, 5.74) is 4.08. The number of carbonyl (C=O) groups excluding carboxylic acids is 1. The Labute approximate surface area is 154 Å². The summed E-state index contributed by atoms with van der Waals surface area (Å²) in [4.78, 5) is 12.3. The van der Waals surface area contributed by atoms with Crippen molar-refractivity contribution in [1.82, 2.24) is 5.32 Å². The van der Waals surface area contributed by atoms with Crippen LogP contribution >= 0.6 is 11.6 Å². The molecule has 1 atom stereocenters. The fraction of sp³-hybridized carbons (Fsp3) is 0.381. The maximum absolute atomic E-state index is 12.3. The van der Waals surface area contributed by atoms with Crippen LogP contribution in [0, 0.1) is 0 Å². The maximum atomic E-state index is 12.3. The van der Waals surface area contributed by atoms with Gasteiger partial charge in [0.2, 0.25) is 0 Å². The second-order valence-corrected chi connectivity index (χ2v) is 6.95. The van der Waals surface area contributed by atoms with Gasteiger partial charge in [-0.1, -0.05) is 42.8 Å². The first-order chi connectivity index (χ1) is 12.2. The van der Waals surface area contributed by atoms with Crippen LogP contribution < -0.4 is 10.1 Å². The normalized spacial score (nSPS) is 14.5. The Morgan fingerprint density at radius 3 is 2.72 bits per heavy atom. The third-order valence-electron chi connectivity index (χ3n) is 4.68. The van der Waals surface area contributed by atoms with E-state index in [-0.39, 0.29) is 18.6 Å². The minimum Gasteiger partial charge on any atom is -0.484 e. The molecule has 3 nitrogen and oxygen atoms in total. The van der Waals surface area contributed by atoms with E-state index in [9.17, 15) is 4.79 Å². The zero-order valence-electron chi connectivity index (χ0n) is 14.6. The first-order valence-electron chi connectivity index (χ1n) is 8.95. The third kappa shape index (κ3) is 4.76. The van der Waals surface area contributed by atoms with E-state index in [1.54, 1.807) is 24.3 Å². The van der Waals surface area contributed by atoms with Crippen LogP contribution in [-0.4, -0.2) is 12.5 Å². The van der Waals surface area contributed by atoms with E-state index in [1.807, 2.05) is 0 Å². The second-order valence-electron chi connectivity index (χ2n) is 6.51. The van der Waals surface area contributed by atoms with Gasteiger partial charge in [0, 0.05) is 5.02 Å². The van der Waals surface area contributed by atoms with Crippen molar-refractivity contribution in [2.75, 3.05) is 6.61 Å². The van der Waals surface area contributed by atoms with Crippen molar-refractivity contribution in [2.45, 2.75) is 45.1 Å². The molecule has 1 N–H and O–H groups in total. The van der Waals surface area contributed by atoms with Gasteiger partial charge in [-0.3, -0.25) is 4.79 Å². The molecule has 2 aromatic rings. The molecule has 0 spiro atoms. The van der Waals surface area contributed by atoms with E-state index in [0.29, 0.717) is 10.8 Å². The number of halogens is 1. The van der Waals surface area contributed by atoms with Crippen LogP contribution in [-0.2, 0) is 17.6 Å². The summed E-state index contributed by atoms with van der Waals surface area (Å²) in [6, 6.07) is 13.7. The maximum Gasteiger partial charge on any atom is 0.258 e. The number of amides is 1. The molecular weight excluding hydrogens is 334 g/mol. The zero-order chi connectivity index (χ0) is 17.6. The SMILES string of the molecule is CCC(NC(=O)COc1cccc(Cl)c1)c1ccc2c(c1)CCCC2. The lowest BCUT2D eigenvalue weighted by Crippen LogP contribution is -2.32. The fourth-order valence-corrected chi connectivity index (χ4v) is 3.51. The molecular formula is C21H24ClNO2. The molecule has 0 aromatic heterocycles. The van der Waals surface area contributed by atoms with Gasteiger partial charge < -0.3 is 10.1 Å². The quantitative estimate of drug-likeness (QED) is 0.801. The van der Waals surface area contributed by atoms with Crippen molar-refractivity contribution in [2.24, 2.45) is 0 Å². The Bertz CT molecular complexity index is 744. The van der Waals surface area contributed by atoms with Crippen molar-refractivity contribution in [3.8, 4) is 5.75 Å². The van der Waals surface area contributed by atoms with Crippen LogP contribution in [0.1, 0.15) is 48.9 Å². The summed E-state index contributed by atoms with van der Waals surface area (Å²) in [7, 11) is 0. The monoisotopic (exact) mass is 357 g/mol. The summed E-state index contributed by atoms with van der Waals surface area (Å²) in [5.74, 6) is 0.481. The van der Waals surface area contributed by atoms with Crippen molar-refractivity contribution in [1.29, 1.82) is 0 Å². The van der Waals surface area contributed by atoms with E-state index in [1.165, 1.54) is 36.0 Å². The highest BCUT2D eigenvalue weighted by Crippen LogP contribution is 2.26. The Balaban J connectivity index is 1.60. The lowest BCUT2D eigenvalue weighted by molar-refractivity contribution is -0.123. The molecule has 25 heavy (non-hydrogen) atoms. The average molecular weight is 358 g/mol. The van der Waals surface area contributed by atoms with Crippen molar-refractivity contribution in [3.05, 3.63) is 64.2 Å². The summed E-state index contributed by atoms with van der Waals surface area (Å²) in [5, 5.41) is 3.67. The molecule has 1 aliphatic carbocycles. The Morgan fingerprint density at radius 1 is 1.16 bits per heavy atom. The molecule has 3 rings (SSSR count). The Hall–Kier alpha value is -2.00. The number of benzene rings is 2. The van der Waals surface area contributed by atoms with E-state index < -0.39 is 0 Å². The smallest absolute Gasteiger partial charge is 0.258 e. The van der Waals surface area contributed by atoms with Crippen molar-refractivity contribution in [3.63, 3.8) is 0 Å². The van der Waals surface area contributed by atoms with Gasteiger partial charge in [-0.05, 0) is 67.0 Å². The van der Waals surface area contributed by atoms with E-state index in [4.69, 9.17) is 16.3 Å². The first kappa shape index (κ1) is 17.8. The predicted octanol–water partition coefficient (Wildman–Crippen LogP) is 4.87. The standard InChI is InChI=1S/C21H24ClNO2/c1-2-20(17-11-10-15-6-3-4-7-16(15)12-17)23-21(24)14-25-19-9-5-8-18(22)13-19/h5,8-13,20H,2-4,6-7,14H2,1H3,(H,23,24). The highest BCUT2D eigenvalue weighted by atomic mass is 35.5. The molecule has 4 heteroatoms. The van der Waals surface area contributed by atoms with Gasteiger partial charge in [0.05, 0.1) is 6.04 Å². The summed E-state index contributed by atoms with van der Waals surface area (Å²) in [6.07, 6.45) is 5.70. The molecule has 2 aromatic carbocycles. The lowest BCUT2D eigenvalue weighted by Gasteiger charge is -2.21. The first-order valence-corrected chi connectivity index (χ1v) is 9.33. The fourth-order valence-electron chi connectivity index (χ4n) is 3.33. The predicted molar refractivity (Wildman–Crippen MR) is 101 cm³/mol. The van der Waals surface area contributed by atoms with Gasteiger partial charge in [-0.25, -0.2) is 0 Å². The second kappa shape index (κ2) is 8.39. The van der Waals surface area contributed by atoms with Crippen molar-refractivity contribution < 1.29 is 9.53 Å². The average Bonchev–Trinajstić information content (AvgIpc) is 2.64. The number of nitrogens with one attached hydrogen (secondary N) is 1. The Kier molecular flexibility index (Phi) is 5.98. The molecule has 0 aliphatic heterocycles. The summed E-state index contributed by atoms with van der Waals surface area (Å²) < 4.78 is 5.52. The van der Waals surface area contributed by atoms with Crippen LogP contribution in [0.2, 0.25) is 5.02 Å². The zero-order valence-corrected chi connectivity index (χ0v) is 15.3. The number of rotatable bonds is 6. The minimum absolute atomic E-state index is 0.0121. The number of hydrogen-bond acceptors (Lipinski definition) is 2. The molecule has 0 saturated heterocycles. The molecule has 0 bridgehead atoms. The van der Waals surface area contributed by atoms with Crippen LogP contribution in [0.5, 0.6) is 5.75 Å². The molecule has 0 heterocycles. The number of aryl methyl sites for hydroxylation is 2. The van der Waals surface area contributed by atoms with Gasteiger partial charge in [0.1, 0.15) is 5.75 Å². The largest absolute Gasteiger partial charge is 0.484 e. The summed E-state index contributed by atoms with van der Waals surface area (Å²) >= 11 is 5.92. The highest BCUT2D eigenvalue weighted by Gasteiger charge is 2.16. The molecule has 132 valence electrons. The molecule has 0 radical (unpaired) electrons. The Morgan fingerprint density at radius 2 is 1.96 bits per heavy atom. The van der Waals surface area contributed by atoms with E-state index in [0.717, 1.165) is 12.8 Å². The van der Waals surface area contributed by atoms with Crippen LogP contribution in [0.25, 0.3) is 0 Å². The van der Waals surface area contributed by atoms with Gasteiger partial charge in [0.25, 0.3) is 5.91 Å².